The molecule has 0 aliphatic rings. The molecule has 3 N–H and O–H groups in total. The molecule has 0 aliphatic heterocycles. The van der Waals surface area contributed by atoms with Crippen molar-refractivity contribution >= 4 is 0 Å². The summed E-state index contributed by atoms with van der Waals surface area (Å²) in [6.45, 7) is 3.94. The number of unbranched alkanes of at least 4 members (excludes halogenated alkanes) is 15. The van der Waals surface area contributed by atoms with Crippen LogP contribution in [-0.4, -0.2) is 18.3 Å². The summed E-state index contributed by atoms with van der Waals surface area (Å²) >= 11 is 0. The largest absolute Gasteiger partial charge is 0.396 e. The Balaban J connectivity index is 1.82. The molecule has 0 spiro atoms. The van der Waals surface area contributed by atoms with Crippen molar-refractivity contribution in [1.82, 2.24) is 0 Å². The molecule has 31 heavy (non-hydrogen) atoms. The molecule has 1 aromatic carbocycles. The number of nitrogens with two attached hydrogens (primary N) is 1. The van der Waals surface area contributed by atoms with Crippen LogP contribution in [0.15, 0.2) is 24.3 Å². The maximum Gasteiger partial charge on any atom is 0.0716 e. The Morgan fingerprint density at radius 1 is 0.710 bits per heavy atom. The van der Waals surface area contributed by atoms with Crippen LogP contribution in [0.25, 0.3) is 0 Å². The van der Waals surface area contributed by atoms with Crippen molar-refractivity contribution in [2.75, 3.05) is 13.2 Å². The lowest BCUT2D eigenvalue weighted by Gasteiger charge is -2.11. The average molecular weight is 434 g/mol. The van der Waals surface area contributed by atoms with Gasteiger partial charge in [-0.3, -0.25) is 0 Å². The third-order valence-electron chi connectivity index (χ3n) is 6.26. The van der Waals surface area contributed by atoms with Crippen LogP contribution in [0, 0.1) is 0 Å². The van der Waals surface area contributed by atoms with E-state index in [1.807, 2.05) is 12.1 Å². The smallest absolute Gasteiger partial charge is 0.0716 e. The molecule has 0 fully saturated rings. The van der Waals surface area contributed by atoms with E-state index < -0.39 is 0 Å². The Kier molecular flexibility index (Phi) is 19.0. The van der Waals surface area contributed by atoms with Gasteiger partial charge in [0.1, 0.15) is 0 Å². The van der Waals surface area contributed by atoms with E-state index in [0.29, 0.717) is 13.0 Å². The number of hydrogen-bond donors (Lipinski definition) is 2. The second-order valence-corrected chi connectivity index (χ2v) is 9.22. The lowest BCUT2D eigenvalue weighted by Crippen LogP contribution is -2.11. The van der Waals surface area contributed by atoms with Crippen molar-refractivity contribution in [3.8, 4) is 0 Å². The maximum absolute atomic E-state index is 8.97. The number of rotatable bonds is 22. The zero-order valence-electron chi connectivity index (χ0n) is 20.5. The van der Waals surface area contributed by atoms with Crippen LogP contribution in [0.5, 0.6) is 0 Å². The van der Waals surface area contributed by atoms with E-state index in [1.165, 1.54) is 102 Å². The van der Waals surface area contributed by atoms with Crippen molar-refractivity contribution in [1.29, 1.82) is 0 Å². The highest BCUT2D eigenvalue weighted by atomic mass is 16.5. The van der Waals surface area contributed by atoms with Gasteiger partial charge in [0.25, 0.3) is 0 Å². The van der Waals surface area contributed by atoms with Crippen LogP contribution < -0.4 is 5.73 Å². The quantitative estimate of drug-likeness (QED) is 0.183. The highest BCUT2D eigenvalue weighted by Gasteiger charge is 2.04. The van der Waals surface area contributed by atoms with Crippen LogP contribution >= 0.6 is 0 Å². The van der Waals surface area contributed by atoms with Gasteiger partial charge in [-0.05, 0) is 24.0 Å². The maximum atomic E-state index is 8.97. The summed E-state index contributed by atoms with van der Waals surface area (Å²) < 4.78 is 5.82. The highest BCUT2D eigenvalue weighted by molar-refractivity contribution is 5.24. The molecule has 0 heterocycles. The Morgan fingerprint density at radius 3 is 1.61 bits per heavy atom. The second kappa shape index (κ2) is 21.0. The van der Waals surface area contributed by atoms with Crippen molar-refractivity contribution < 1.29 is 9.84 Å². The fourth-order valence-electron chi connectivity index (χ4n) is 4.11. The van der Waals surface area contributed by atoms with Crippen LogP contribution in [-0.2, 0) is 11.3 Å². The summed E-state index contributed by atoms with van der Waals surface area (Å²) in [6.07, 6.45) is 23.0. The fourth-order valence-corrected chi connectivity index (χ4v) is 4.11. The molecule has 1 rings (SSSR count). The van der Waals surface area contributed by atoms with E-state index >= 15 is 0 Å². The number of aliphatic hydroxyl groups excluding tert-OH is 1. The van der Waals surface area contributed by atoms with Gasteiger partial charge in [-0.1, -0.05) is 128 Å². The molecule has 0 saturated carbocycles. The third-order valence-corrected chi connectivity index (χ3v) is 6.26. The molecule has 0 saturated heterocycles. The molecule has 0 aliphatic carbocycles. The zero-order valence-corrected chi connectivity index (χ0v) is 20.5. The predicted octanol–water partition coefficient (Wildman–Crippen LogP) is 7.85. The van der Waals surface area contributed by atoms with Crippen molar-refractivity contribution in [3.63, 3.8) is 0 Å². The summed E-state index contributed by atoms with van der Waals surface area (Å²) in [5, 5.41) is 8.97. The SMILES string of the molecule is CCCCCCCCCCCCCCCCCCOCc1ccc(C(N)CCO)cc1. The standard InChI is InChI=1S/C28H51NO2/c1-2-3-4-5-6-7-8-9-10-11-12-13-14-15-16-17-24-31-25-26-18-20-27(21-19-26)28(29)22-23-30/h18-21,28,30H,2-17,22-25,29H2,1H3. The van der Waals surface area contributed by atoms with E-state index in [4.69, 9.17) is 15.6 Å². The van der Waals surface area contributed by atoms with Gasteiger partial charge in [-0.25, -0.2) is 0 Å². The van der Waals surface area contributed by atoms with Crippen molar-refractivity contribution in [2.24, 2.45) is 5.73 Å². The normalized spacial score (nSPS) is 12.4. The van der Waals surface area contributed by atoms with Gasteiger partial charge in [-0.15, -0.1) is 0 Å². The average Bonchev–Trinajstić information content (AvgIpc) is 2.79. The van der Waals surface area contributed by atoms with Crippen molar-refractivity contribution in [2.45, 2.75) is 129 Å². The molecule has 1 aromatic rings. The summed E-state index contributed by atoms with van der Waals surface area (Å²) in [7, 11) is 0. The van der Waals surface area contributed by atoms with Gasteiger partial charge in [-0.2, -0.15) is 0 Å². The first-order valence-corrected chi connectivity index (χ1v) is 13.3. The molecule has 0 radical (unpaired) electrons. The second-order valence-electron chi connectivity index (χ2n) is 9.22. The minimum absolute atomic E-state index is 0.0786. The predicted molar refractivity (Wildman–Crippen MR) is 134 cm³/mol. The zero-order chi connectivity index (χ0) is 22.4. The Labute approximate surface area is 193 Å². The van der Waals surface area contributed by atoms with E-state index in [0.717, 1.165) is 18.6 Å². The minimum atomic E-state index is -0.0786. The molecule has 0 aromatic heterocycles. The number of hydrogen-bond acceptors (Lipinski definition) is 3. The Bertz CT molecular complexity index is 488. The Morgan fingerprint density at radius 2 is 1.16 bits per heavy atom. The molecular weight excluding hydrogens is 382 g/mol. The fraction of sp³-hybridized carbons (Fsp3) is 0.786. The third kappa shape index (κ3) is 16.4. The van der Waals surface area contributed by atoms with Crippen LogP contribution in [0.4, 0.5) is 0 Å². The van der Waals surface area contributed by atoms with Gasteiger partial charge in [0.05, 0.1) is 6.61 Å². The topological polar surface area (TPSA) is 55.5 Å². The van der Waals surface area contributed by atoms with Gasteiger partial charge < -0.3 is 15.6 Å². The first-order chi connectivity index (χ1) is 15.3. The highest BCUT2D eigenvalue weighted by Crippen LogP contribution is 2.16. The molecule has 0 bridgehead atoms. The number of ether oxygens (including phenoxy) is 1. The van der Waals surface area contributed by atoms with Crippen LogP contribution in [0.1, 0.15) is 133 Å². The lowest BCUT2D eigenvalue weighted by molar-refractivity contribution is 0.116. The Hall–Kier alpha value is -0.900. The van der Waals surface area contributed by atoms with Crippen LogP contribution in [0.2, 0.25) is 0 Å². The monoisotopic (exact) mass is 433 g/mol. The van der Waals surface area contributed by atoms with Crippen molar-refractivity contribution in [3.05, 3.63) is 35.4 Å². The molecule has 3 nitrogen and oxygen atoms in total. The summed E-state index contributed by atoms with van der Waals surface area (Å²) in [4.78, 5) is 0. The van der Waals surface area contributed by atoms with Gasteiger partial charge >= 0.3 is 0 Å². The van der Waals surface area contributed by atoms with E-state index in [-0.39, 0.29) is 12.6 Å². The van der Waals surface area contributed by atoms with E-state index in [2.05, 4.69) is 19.1 Å². The molecule has 180 valence electrons. The summed E-state index contributed by atoms with van der Waals surface area (Å²) in [5.74, 6) is 0. The molecular formula is C28H51NO2. The molecule has 0 amide bonds. The first-order valence-electron chi connectivity index (χ1n) is 13.3. The number of benzene rings is 1. The van der Waals surface area contributed by atoms with E-state index in [9.17, 15) is 0 Å². The van der Waals surface area contributed by atoms with Gasteiger partial charge in [0.2, 0.25) is 0 Å². The molecule has 1 unspecified atom stereocenters. The molecule has 3 heteroatoms. The minimum Gasteiger partial charge on any atom is -0.396 e. The van der Waals surface area contributed by atoms with E-state index in [1.54, 1.807) is 0 Å². The molecule has 1 atom stereocenters. The summed E-state index contributed by atoms with van der Waals surface area (Å²) in [5.41, 5.74) is 8.28. The van der Waals surface area contributed by atoms with Gasteiger partial charge in [0.15, 0.2) is 0 Å². The first kappa shape index (κ1) is 28.1. The summed E-state index contributed by atoms with van der Waals surface area (Å²) in [6, 6.07) is 8.19. The van der Waals surface area contributed by atoms with Gasteiger partial charge in [0, 0.05) is 19.3 Å². The van der Waals surface area contributed by atoms with Crippen LogP contribution in [0.3, 0.4) is 0 Å². The number of aliphatic hydroxyl groups is 1. The lowest BCUT2D eigenvalue weighted by atomic mass is 10.0.